The van der Waals surface area contributed by atoms with Gasteiger partial charge in [0.05, 0.1) is 6.10 Å². The smallest absolute Gasteiger partial charge is 0.251 e. The van der Waals surface area contributed by atoms with E-state index in [2.05, 4.69) is 24.1 Å². The number of ether oxygens (including phenoxy) is 1. The van der Waals surface area contributed by atoms with E-state index < -0.39 is 0 Å². The normalized spacial score (nSPS) is 16.2. The second kappa shape index (κ2) is 10.1. The molecule has 0 saturated carbocycles. The third-order valence-corrected chi connectivity index (χ3v) is 5.75. The largest absolute Gasteiger partial charge is 0.376 e. The van der Waals surface area contributed by atoms with Gasteiger partial charge in [-0.05, 0) is 36.5 Å². The highest BCUT2D eigenvalue weighted by Crippen LogP contribution is 2.25. The molecular formula is C22H30N4O2S. The van der Waals surface area contributed by atoms with Crippen LogP contribution < -0.4 is 10.2 Å². The summed E-state index contributed by atoms with van der Waals surface area (Å²) in [4.78, 5) is 23.8. The Hall–Kier alpha value is -2.12. The van der Waals surface area contributed by atoms with Gasteiger partial charge in [0, 0.05) is 50.3 Å². The van der Waals surface area contributed by atoms with Crippen molar-refractivity contribution < 1.29 is 9.53 Å². The molecule has 0 aliphatic carbocycles. The highest BCUT2D eigenvalue weighted by molar-refractivity contribution is 7.98. The van der Waals surface area contributed by atoms with Crippen LogP contribution in [-0.2, 0) is 10.5 Å². The van der Waals surface area contributed by atoms with Crippen LogP contribution >= 0.6 is 11.8 Å². The molecule has 0 bridgehead atoms. The number of thioether (sulfide) groups is 1. The molecule has 3 rings (SSSR count). The molecule has 1 fully saturated rings. The van der Waals surface area contributed by atoms with E-state index in [1.165, 1.54) is 0 Å². The predicted octanol–water partition coefficient (Wildman–Crippen LogP) is 3.87. The van der Waals surface area contributed by atoms with E-state index in [0.29, 0.717) is 23.8 Å². The molecule has 156 valence electrons. The molecule has 1 aromatic heterocycles. The van der Waals surface area contributed by atoms with Crippen molar-refractivity contribution in [3.63, 3.8) is 0 Å². The molecule has 1 atom stereocenters. The number of anilines is 1. The summed E-state index contributed by atoms with van der Waals surface area (Å²) in [6.45, 7) is 5.63. The lowest BCUT2D eigenvalue weighted by Crippen LogP contribution is -2.31. The Morgan fingerprint density at radius 3 is 2.83 bits per heavy atom. The molecular weight excluding hydrogens is 384 g/mol. The van der Waals surface area contributed by atoms with Gasteiger partial charge in [-0.25, -0.2) is 9.97 Å². The molecule has 1 saturated heterocycles. The topological polar surface area (TPSA) is 67.4 Å². The van der Waals surface area contributed by atoms with Crippen molar-refractivity contribution in [1.82, 2.24) is 15.3 Å². The number of hydrogen-bond acceptors (Lipinski definition) is 6. The molecule has 1 N–H and O–H groups in total. The summed E-state index contributed by atoms with van der Waals surface area (Å²) < 4.78 is 5.57. The summed E-state index contributed by atoms with van der Waals surface area (Å²) >= 11 is 1.59. The summed E-state index contributed by atoms with van der Waals surface area (Å²) in [6, 6.07) is 9.78. The fourth-order valence-electron chi connectivity index (χ4n) is 3.08. The molecule has 7 heteroatoms. The molecule has 6 nitrogen and oxygen atoms in total. The third-order valence-electron chi connectivity index (χ3n) is 4.83. The minimum Gasteiger partial charge on any atom is -0.376 e. The molecule has 2 aromatic rings. The van der Waals surface area contributed by atoms with Crippen LogP contribution in [0.5, 0.6) is 0 Å². The fraction of sp³-hybridized carbons (Fsp3) is 0.500. The second-order valence-electron chi connectivity index (χ2n) is 7.82. The first-order valence-corrected chi connectivity index (χ1v) is 11.1. The van der Waals surface area contributed by atoms with Gasteiger partial charge in [-0.2, -0.15) is 0 Å². The quantitative estimate of drug-likeness (QED) is 0.522. The summed E-state index contributed by atoms with van der Waals surface area (Å²) in [5, 5.41) is 3.74. The molecule has 0 unspecified atom stereocenters. The number of nitrogens with zero attached hydrogens (tertiary/aromatic N) is 3. The van der Waals surface area contributed by atoms with Gasteiger partial charge in [-0.1, -0.05) is 37.7 Å². The second-order valence-corrected chi connectivity index (χ2v) is 8.76. The lowest BCUT2D eigenvalue weighted by atomic mass is 10.1. The summed E-state index contributed by atoms with van der Waals surface area (Å²) in [6.07, 6.45) is 2.23. The van der Waals surface area contributed by atoms with Crippen LogP contribution in [0.1, 0.15) is 54.2 Å². The predicted molar refractivity (Wildman–Crippen MR) is 118 cm³/mol. The highest BCUT2D eigenvalue weighted by Gasteiger charge is 2.17. The van der Waals surface area contributed by atoms with Crippen LogP contribution in [0.4, 0.5) is 5.82 Å². The van der Waals surface area contributed by atoms with Crippen LogP contribution in [0.25, 0.3) is 0 Å². The van der Waals surface area contributed by atoms with Gasteiger partial charge in [0.1, 0.15) is 5.82 Å². The van der Waals surface area contributed by atoms with Crippen molar-refractivity contribution in [2.45, 2.75) is 49.6 Å². The van der Waals surface area contributed by atoms with Crippen molar-refractivity contribution in [2.75, 3.05) is 32.1 Å². The van der Waals surface area contributed by atoms with E-state index in [0.717, 1.165) is 41.7 Å². The zero-order chi connectivity index (χ0) is 20.8. The monoisotopic (exact) mass is 414 g/mol. The Morgan fingerprint density at radius 2 is 2.14 bits per heavy atom. The van der Waals surface area contributed by atoms with Gasteiger partial charge in [-0.15, -0.1) is 0 Å². The van der Waals surface area contributed by atoms with Gasteiger partial charge in [0.2, 0.25) is 0 Å². The van der Waals surface area contributed by atoms with Gasteiger partial charge >= 0.3 is 0 Å². The molecule has 1 aliphatic heterocycles. The van der Waals surface area contributed by atoms with Gasteiger partial charge in [0.15, 0.2) is 5.16 Å². The first-order valence-electron chi connectivity index (χ1n) is 10.1. The molecule has 29 heavy (non-hydrogen) atoms. The number of carbonyl (C=O) groups is 1. The zero-order valence-corrected chi connectivity index (χ0v) is 18.5. The maximum absolute atomic E-state index is 12.5. The van der Waals surface area contributed by atoms with Crippen molar-refractivity contribution in [3.8, 4) is 0 Å². The van der Waals surface area contributed by atoms with E-state index in [1.54, 1.807) is 11.8 Å². The molecule has 1 aromatic carbocycles. The van der Waals surface area contributed by atoms with Crippen molar-refractivity contribution >= 4 is 23.5 Å². The maximum Gasteiger partial charge on any atom is 0.251 e. The number of rotatable bonds is 8. The molecule has 1 aliphatic rings. The van der Waals surface area contributed by atoms with Crippen LogP contribution in [0.2, 0.25) is 0 Å². The average molecular weight is 415 g/mol. The Kier molecular flexibility index (Phi) is 7.50. The Balaban J connectivity index is 1.63. The number of aromatic nitrogens is 2. The van der Waals surface area contributed by atoms with E-state index >= 15 is 0 Å². The van der Waals surface area contributed by atoms with E-state index in [4.69, 9.17) is 9.72 Å². The van der Waals surface area contributed by atoms with Crippen molar-refractivity contribution in [2.24, 2.45) is 0 Å². The van der Waals surface area contributed by atoms with Crippen LogP contribution in [-0.4, -0.2) is 49.2 Å². The van der Waals surface area contributed by atoms with Gasteiger partial charge in [-0.3, -0.25) is 4.79 Å². The van der Waals surface area contributed by atoms with E-state index in [1.807, 2.05) is 49.3 Å². The number of carbonyl (C=O) groups excluding carboxylic acids is 1. The van der Waals surface area contributed by atoms with E-state index in [9.17, 15) is 4.79 Å². The Morgan fingerprint density at radius 1 is 1.31 bits per heavy atom. The minimum absolute atomic E-state index is 0.0553. The lowest BCUT2D eigenvalue weighted by Gasteiger charge is -2.15. The SMILES string of the molecule is CC(C)c1cc(N(C)C)nc(SCc2cccc(C(=O)NC[C@@H]3CCCO3)c2)n1. The number of benzene rings is 1. The van der Waals surface area contributed by atoms with E-state index in [-0.39, 0.29) is 12.0 Å². The lowest BCUT2D eigenvalue weighted by molar-refractivity contribution is 0.0857. The van der Waals surface area contributed by atoms with Crippen molar-refractivity contribution in [1.29, 1.82) is 0 Å². The minimum atomic E-state index is -0.0553. The summed E-state index contributed by atoms with van der Waals surface area (Å²) in [7, 11) is 3.97. The molecule has 2 heterocycles. The fourth-order valence-corrected chi connectivity index (χ4v) is 3.89. The third kappa shape index (κ3) is 6.18. The Bertz CT molecular complexity index is 809. The maximum atomic E-state index is 12.5. The molecule has 1 amide bonds. The number of amides is 1. The zero-order valence-electron chi connectivity index (χ0n) is 17.6. The Labute approximate surface area is 177 Å². The first-order chi connectivity index (χ1) is 13.9. The van der Waals surface area contributed by atoms with Crippen LogP contribution in [0, 0.1) is 0 Å². The van der Waals surface area contributed by atoms with Crippen LogP contribution in [0.15, 0.2) is 35.5 Å². The first kappa shape index (κ1) is 21.6. The van der Waals surface area contributed by atoms with Gasteiger partial charge < -0.3 is 15.0 Å². The van der Waals surface area contributed by atoms with Gasteiger partial charge in [0.25, 0.3) is 5.91 Å². The number of hydrogen-bond donors (Lipinski definition) is 1. The summed E-state index contributed by atoms with van der Waals surface area (Å²) in [5.41, 5.74) is 2.78. The average Bonchev–Trinajstić information content (AvgIpc) is 3.24. The highest BCUT2D eigenvalue weighted by atomic mass is 32.2. The van der Waals surface area contributed by atoms with Crippen molar-refractivity contribution in [3.05, 3.63) is 47.2 Å². The molecule has 0 spiro atoms. The molecule has 0 radical (unpaired) electrons. The summed E-state index contributed by atoms with van der Waals surface area (Å²) in [5.74, 6) is 1.90. The van der Waals surface area contributed by atoms with Crippen LogP contribution in [0.3, 0.4) is 0 Å². The number of nitrogens with one attached hydrogen (secondary N) is 1. The standard InChI is InChI=1S/C22H30N4O2S/c1-15(2)19-12-20(26(3)4)25-22(24-19)29-14-16-7-5-8-17(11-16)21(27)23-13-18-9-6-10-28-18/h5,7-8,11-12,15,18H,6,9-10,13-14H2,1-4H3,(H,23,27)/t18-/m0/s1.